The van der Waals surface area contributed by atoms with Crippen LogP contribution in [0.15, 0.2) is 77.7 Å². The van der Waals surface area contributed by atoms with Crippen LogP contribution in [0.25, 0.3) is 0 Å². The molecule has 39 heavy (non-hydrogen) atoms. The Balaban J connectivity index is 2.01. The summed E-state index contributed by atoms with van der Waals surface area (Å²) in [5, 5.41) is 2.90. The number of rotatable bonds is 12. The molecule has 208 valence electrons. The Hall–Kier alpha value is -3.65. The largest absolute Gasteiger partial charge is 0.354 e. The Kier molecular flexibility index (Phi) is 10.3. The van der Waals surface area contributed by atoms with E-state index in [1.54, 1.807) is 43.3 Å². The van der Waals surface area contributed by atoms with Gasteiger partial charge in [-0.15, -0.1) is 0 Å². The number of carbonyl (C=O) groups excluding carboxylic acids is 2. The number of nitrogens with one attached hydrogen (secondary N) is 1. The number of nitrogens with zero attached hydrogens (tertiary/aromatic N) is 2. The van der Waals surface area contributed by atoms with Crippen molar-refractivity contribution in [3.63, 3.8) is 0 Å². The molecule has 7 nitrogen and oxygen atoms in total. The van der Waals surface area contributed by atoms with Crippen molar-refractivity contribution in [2.24, 2.45) is 0 Å². The monoisotopic (exact) mass is 549 g/mol. The molecule has 0 saturated heterocycles. The van der Waals surface area contributed by atoms with Crippen molar-refractivity contribution in [3.8, 4) is 0 Å². The number of amides is 2. The molecule has 3 aromatic carbocycles. The van der Waals surface area contributed by atoms with Gasteiger partial charge in [-0.05, 0) is 75.1 Å². The SMILES string of the molecule is CCCCNC(=O)C(C)N(Cc1ccccc1)C(=O)CN(c1ccc(C)c(C)c1)S(=O)(=O)c1ccc(C)cc1. The van der Waals surface area contributed by atoms with Crippen LogP contribution in [0.1, 0.15) is 48.9 Å². The molecule has 1 unspecified atom stereocenters. The van der Waals surface area contributed by atoms with E-state index in [1.807, 2.05) is 64.1 Å². The zero-order valence-electron chi connectivity index (χ0n) is 23.5. The van der Waals surface area contributed by atoms with Crippen molar-refractivity contribution < 1.29 is 18.0 Å². The number of unbranched alkanes of at least 4 members (excludes halogenated alkanes) is 1. The molecule has 0 aliphatic carbocycles. The Morgan fingerprint density at radius 2 is 1.56 bits per heavy atom. The molecule has 0 saturated carbocycles. The molecular formula is C31H39N3O4S. The fraction of sp³-hybridized carbons (Fsp3) is 0.355. The van der Waals surface area contributed by atoms with Crippen LogP contribution in [0.4, 0.5) is 5.69 Å². The minimum atomic E-state index is -4.08. The van der Waals surface area contributed by atoms with E-state index >= 15 is 0 Å². The highest BCUT2D eigenvalue weighted by Gasteiger charge is 2.32. The molecule has 3 aromatic rings. The van der Waals surface area contributed by atoms with Gasteiger partial charge in [-0.2, -0.15) is 0 Å². The van der Waals surface area contributed by atoms with E-state index in [-0.39, 0.29) is 17.3 Å². The molecule has 0 radical (unpaired) electrons. The van der Waals surface area contributed by atoms with Crippen LogP contribution in [0.5, 0.6) is 0 Å². The van der Waals surface area contributed by atoms with Crippen molar-refractivity contribution in [1.82, 2.24) is 10.2 Å². The molecule has 1 atom stereocenters. The maximum Gasteiger partial charge on any atom is 0.264 e. The van der Waals surface area contributed by atoms with Crippen LogP contribution >= 0.6 is 0 Å². The minimum Gasteiger partial charge on any atom is -0.354 e. The van der Waals surface area contributed by atoms with E-state index in [9.17, 15) is 18.0 Å². The standard InChI is InChI=1S/C31H39N3O4S/c1-6-7-19-32-31(36)26(5)33(21-27-11-9-8-10-12-27)30(35)22-34(28-16-15-24(3)25(4)20-28)39(37,38)29-17-13-23(2)14-18-29/h8-18,20,26H,6-7,19,21-22H2,1-5H3,(H,32,36). The number of benzene rings is 3. The van der Waals surface area contributed by atoms with Crippen LogP contribution in [-0.2, 0) is 26.2 Å². The number of carbonyl (C=O) groups is 2. The van der Waals surface area contributed by atoms with E-state index in [2.05, 4.69) is 5.32 Å². The van der Waals surface area contributed by atoms with E-state index in [0.29, 0.717) is 12.2 Å². The fourth-order valence-electron chi connectivity index (χ4n) is 4.15. The second kappa shape index (κ2) is 13.4. The highest BCUT2D eigenvalue weighted by molar-refractivity contribution is 7.92. The number of hydrogen-bond donors (Lipinski definition) is 1. The first-order valence-electron chi connectivity index (χ1n) is 13.3. The van der Waals surface area contributed by atoms with Gasteiger partial charge in [0, 0.05) is 13.1 Å². The zero-order valence-corrected chi connectivity index (χ0v) is 24.3. The average molecular weight is 550 g/mol. The van der Waals surface area contributed by atoms with Crippen molar-refractivity contribution in [2.75, 3.05) is 17.4 Å². The second-order valence-corrected chi connectivity index (χ2v) is 11.8. The predicted molar refractivity (Wildman–Crippen MR) is 156 cm³/mol. The smallest absolute Gasteiger partial charge is 0.264 e. The van der Waals surface area contributed by atoms with Gasteiger partial charge in [0.1, 0.15) is 12.6 Å². The van der Waals surface area contributed by atoms with Gasteiger partial charge in [0.2, 0.25) is 11.8 Å². The third-order valence-corrected chi connectivity index (χ3v) is 8.65. The lowest BCUT2D eigenvalue weighted by Crippen LogP contribution is -2.51. The first-order valence-corrected chi connectivity index (χ1v) is 14.8. The van der Waals surface area contributed by atoms with E-state index in [0.717, 1.165) is 39.4 Å². The van der Waals surface area contributed by atoms with E-state index in [4.69, 9.17) is 0 Å². The van der Waals surface area contributed by atoms with Gasteiger partial charge in [-0.3, -0.25) is 13.9 Å². The molecule has 0 aromatic heterocycles. The molecule has 8 heteroatoms. The molecule has 0 heterocycles. The Bertz CT molecular complexity index is 1370. The maximum absolute atomic E-state index is 13.9. The van der Waals surface area contributed by atoms with Crippen LogP contribution in [0.3, 0.4) is 0 Å². The second-order valence-electron chi connectivity index (χ2n) is 9.92. The van der Waals surface area contributed by atoms with Crippen LogP contribution in [0.2, 0.25) is 0 Å². The van der Waals surface area contributed by atoms with Crippen LogP contribution in [0, 0.1) is 20.8 Å². The van der Waals surface area contributed by atoms with Crippen molar-refractivity contribution >= 4 is 27.5 Å². The summed E-state index contributed by atoms with van der Waals surface area (Å²) in [6.07, 6.45) is 1.77. The highest BCUT2D eigenvalue weighted by Crippen LogP contribution is 2.27. The van der Waals surface area contributed by atoms with Gasteiger partial charge in [0.25, 0.3) is 10.0 Å². The average Bonchev–Trinajstić information content (AvgIpc) is 2.92. The van der Waals surface area contributed by atoms with Gasteiger partial charge in [-0.1, -0.05) is 67.4 Å². The Morgan fingerprint density at radius 3 is 2.18 bits per heavy atom. The normalized spacial score (nSPS) is 12.0. The third kappa shape index (κ3) is 7.69. The lowest BCUT2D eigenvalue weighted by Gasteiger charge is -2.32. The molecule has 1 N–H and O–H groups in total. The number of anilines is 1. The number of hydrogen-bond acceptors (Lipinski definition) is 4. The van der Waals surface area contributed by atoms with Crippen molar-refractivity contribution in [3.05, 3.63) is 95.1 Å². The molecule has 3 rings (SSSR count). The van der Waals surface area contributed by atoms with Gasteiger partial charge >= 0.3 is 0 Å². The number of sulfonamides is 1. The summed E-state index contributed by atoms with van der Waals surface area (Å²) < 4.78 is 29.0. The zero-order chi connectivity index (χ0) is 28.6. The van der Waals surface area contributed by atoms with Crippen molar-refractivity contribution in [2.45, 2.75) is 64.9 Å². The summed E-state index contributed by atoms with van der Waals surface area (Å²) in [5.41, 5.74) is 4.10. The van der Waals surface area contributed by atoms with Crippen molar-refractivity contribution in [1.29, 1.82) is 0 Å². The first kappa shape index (κ1) is 29.9. The Labute approximate surface area is 232 Å². The lowest BCUT2D eigenvalue weighted by atomic mass is 10.1. The molecule has 2 amide bonds. The summed E-state index contributed by atoms with van der Waals surface area (Å²) in [4.78, 5) is 28.5. The molecule has 0 bridgehead atoms. The summed E-state index contributed by atoms with van der Waals surface area (Å²) in [5.74, 6) is -0.738. The fourth-order valence-corrected chi connectivity index (χ4v) is 5.55. The molecular weight excluding hydrogens is 510 g/mol. The van der Waals surface area contributed by atoms with Crippen LogP contribution in [-0.4, -0.2) is 44.3 Å². The maximum atomic E-state index is 13.9. The third-order valence-electron chi connectivity index (χ3n) is 6.86. The highest BCUT2D eigenvalue weighted by atomic mass is 32.2. The summed E-state index contributed by atoms with van der Waals surface area (Å²) in [7, 11) is -4.08. The van der Waals surface area contributed by atoms with E-state index in [1.165, 1.54) is 4.90 Å². The summed E-state index contributed by atoms with van der Waals surface area (Å²) in [6, 6.07) is 20.5. The molecule has 0 aliphatic rings. The van der Waals surface area contributed by atoms with Gasteiger partial charge in [0.05, 0.1) is 10.6 Å². The summed E-state index contributed by atoms with van der Waals surface area (Å²) >= 11 is 0. The van der Waals surface area contributed by atoms with Crippen LogP contribution < -0.4 is 9.62 Å². The quantitative estimate of drug-likeness (QED) is 0.317. The summed E-state index contributed by atoms with van der Waals surface area (Å²) in [6.45, 7) is 9.70. The van der Waals surface area contributed by atoms with Gasteiger partial charge in [0.15, 0.2) is 0 Å². The molecule has 0 spiro atoms. The van der Waals surface area contributed by atoms with Gasteiger partial charge < -0.3 is 10.2 Å². The van der Waals surface area contributed by atoms with E-state index < -0.39 is 28.5 Å². The predicted octanol–water partition coefficient (Wildman–Crippen LogP) is 5.14. The molecule has 0 aliphatic heterocycles. The Morgan fingerprint density at radius 1 is 0.897 bits per heavy atom. The molecule has 0 fully saturated rings. The van der Waals surface area contributed by atoms with Gasteiger partial charge in [-0.25, -0.2) is 8.42 Å². The lowest BCUT2D eigenvalue weighted by molar-refractivity contribution is -0.139. The number of aryl methyl sites for hydroxylation is 3. The minimum absolute atomic E-state index is 0.0964. The topological polar surface area (TPSA) is 86.8 Å². The first-order chi connectivity index (χ1) is 18.5.